The first-order valence-corrected chi connectivity index (χ1v) is 6.84. The molecule has 0 saturated heterocycles. The number of rotatable bonds is 6. The van der Waals surface area contributed by atoms with E-state index >= 15 is 0 Å². The minimum Gasteiger partial charge on any atom is -0.478 e. The quantitative estimate of drug-likeness (QED) is 0.875. The number of nitrogens with zero attached hydrogens (tertiary/aromatic N) is 1. The van der Waals surface area contributed by atoms with Crippen molar-refractivity contribution in [3.63, 3.8) is 0 Å². The van der Waals surface area contributed by atoms with Crippen molar-refractivity contribution in [3.05, 3.63) is 29.3 Å². The van der Waals surface area contributed by atoms with Crippen molar-refractivity contribution >= 4 is 5.91 Å². The summed E-state index contributed by atoms with van der Waals surface area (Å²) < 4.78 is 32.7. The van der Waals surface area contributed by atoms with Crippen molar-refractivity contribution in [2.45, 2.75) is 39.3 Å². The van der Waals surface area contributed by atoms with Crippen molar-refractivity contribution in [3.8, 4) is 5.75 Å². The third-order valence-corrected chi connectivity index (χ3v) is 3.12. The van der Waals surface area contributed by atoms with Crippen LogP contribution >= 0.6 is 0 Å². The van der Waals surface area contributed by atoms with Crippen LogP contribution in [0.15, 0.2) is 12.1 Å². The molecule has 1 amide bonds. The second-order valence-corrected chi connectivity index (χ2v) is 5.46. The molecule has 4 nitrogen and oxygen atoms in total. The molecule has 0 aliphatic heterocycles. The highest BCUT2D eigenvalue weighted by Gasteiger charge is 2.17. The molecule has 0 radical (unpaired) electrons. The first-order valence-electron chi connectivity index (χ1n) is 6.84. The zero-order valence-electron chi connectivity index (χ0n) is 12.8. The molecular weight excluding hydrogens is 278 g/mol. The monoisotopic (exact) mass is 300 g/mol. The van der Waals surface area contributed by atoms with Crippen molar-refractivity contribution in [1.82, 2.24) is 4.90 Å². The Labute approximate surface area is 123 Å². The van der Waals surface area contributed by atoms with Crippen LogP contribution in [-0.4, -0.2) is 36.5 Å². The van der Waals surface area contributed by atoms with E-state index in [1.54, 1.807) is 14.0 Å². The van der Waals surface area contributed by atoms with Crippen LogP contribution in [0.4, 0.5) is 8.78 Å². The van der Waals surface area contributed by atoms with Crippen LogP contribution in [0.3, 0.4) is 0 Å². The van der Waals surface area contributed by atoms with E-state index in [1.807, 2.05) is 13.8 Å². The van der Waals surface area contributed by atoms with Gasteiger partial charge in [-0.25, -0.2) is 8.78 Å². The van der Waals surface area contributed by atoms with Crippen LogP contribution < -0.4 is 10.5 Å². The third kappa shape index (κ3) is 4.97. The van der Waals surface area contributed by atoms with E-state index in [4.69, 9.17) is 10.5 Å². The summed E-state index contributed by atoms with van der Waals surface area (Å²) in [4.78, 5) is 13.2. The number of likely N-dealkylation sites (N-methyl/N-ethyl adjacent to an activating group) is 1. The number of benzene rings is 1. The fourth-order valence-electron chi connectivity index (χ4n) is 1.76. The van der Waals surface area contributed by atoms with E-state index in [0.717, 1.165) is 0 Å². The number of carbonyl (C=O) groups excluding carboxylic acids is 1. The molecule has 1 atom stereocenters. The maximum absolute atomic E-state index is 13.8. The molecule has 0 bridgehead atoms. The summed E-state index contributed by atoms with van der Waals surface area (Å²) in [7, 11) is 1.61. The molecule has 0 heterocycles. The lowest BCUT2D eigenvalue weighted by Gasteiger charge is -2.21. The minimum absolute atomic E-state index is 0.00999. The van der Waals surface area contributed by atoms with Gasteiger partial charge in [0, 0.05) is 19.1 Å². The van der Waals surface area contributed by atoms with Crippen molar-refractivity contribution in [2.75, 3.05) is 13.7 Å². The van der Waals surface area contributed by atoms with Gasteiger partial charge in [0.2, 0.25) is 0 Å². The van der Waals surface area contributed by atoms with Crippen LogP contribution in [0.25, 0.3) is 0 Å². The molecule has 1 unspecified atom stereocenters. The Hall–Kier alpha value is -1.69. The van der Waals surface area contributed by atoms with Crippen LogP contribution in [0.5, 0.6) is 5.75 Å². The second kappa shape index (κ2) is 7.36. The molecule has 6 heteroatoms. The Kier molecular flexibility index (Phi) is 6.08. The summed E-state index contributed by atoms with van der Waals surface area (Å²) in [6.45, 7) is 5.01. The normalized spacial score (nSPS) is 12.4. The molecule has 0 saturated carbocycles. The maximum atomic E-state index is 13.8. The highest BCUT2D eigenvalue weighted by Crippen LogP contribution is 2.24. The topological polar surface area (TPSA) is 55.6 Å². The van der Waals surface area contributed by atoms with Gasteiger partial charge < -0.3 is 15.4 Å². The van der Waals surface area contributed by atoms with Crippen molar-refractivity contribution < 1.29 is 18.3 Å². The van der Waals surface area contributed by atoms with Gasteiger partial charge >= 0.3 is 0 Å². The summed E-state index contributed by atoms with van der Waals surface area (Å²) in [6.07, 6.45) is 0.364. The summed E-state index contributed by atoms with van der Waals surface area (Å²) in [5.74, 6) is -2.53. The summed E-state index contributed by atoms with van der Waals surface area (Å²) >= 11 is 0. The third-order valence-electron chi connectivity index (χ3n) is 3.12. The number of ether oxygens (including phenoxy) is 1. The van der Waals surface area contributed by atoms with Gasteiger partial charge in [0.15, 0.2) is 24.0 Å². The van der Waals surface area contributed by atoms with Crippen LogP contribution in [0, 0.1) is 11.6 Å². The SMILES string of the molecule is CC(N)Cc1cc(F)c(OCC(=O)N(C)C(C)C)c(F)c1. The van der Waals surface area contributed by atoms with E-state index in [0.29, 0.717) is 12.0 Å². The van der Waals surface area contributed by atoms with Gasteiger partial charge in [0.1, 0.15) is 0 Å². The van der Waals surface area contributed by atoms with E-state index in [9.17, 15) is 13.6 Å². The molecule has 1 aromatic rings. The number of hydrogen-bond donors (Lipinski definition) is 1. The first-order chi connectivity index (χ1) is 9.72. The number of amides is 1. The molecule has 1 aromatic carbocycles. The molecule has 0 aromatic heterocycles. The second-order valence-electron chi connectivity index (χ2n) is 5.46. The van der Waals surface area contributed by atoms with Gasteiger partial charge in [0.25, 0.3) is 5.91 Å². The number of halogens is 2. The van der Waals surface area contributed by atoms with Crippen LogP contribution in [-0.2, 0) is 11.2 Å². The van der Waals surface area contributed by atoms with Gasteiger partial charge in [-0.05, 0) is 44.9 Å². The average molecular weight is 300 g/mol. The Bertz CT molecular complexity index is 481. The average Bonchev–Trinajstić information content (AvgIpc) is 2.35. The molecule has 21 heavy (non-hydrogen) atoms. The van der Waals surface area contributed by atoms with Gasteiger partial charge in [0.05, 0.1) is 0 Å². The van der Waals surface area contributed by atoms with Gasteiger partial charge in [-0.3, -0.25) is 4.79 Å². The number of nitrogens with two attached hydrogens (primary N) is 1. The van der Waals surface area contributed by atoms with E-state index < -0.39 is 24.0 Å². The molecule has 2 N–H and O–H groups in total. The molecule has 0 spiro atoms. The lowest BCUT2D eigenvalue weighted by atomic mass is 10.1. The van der Waals surface area contributed by atoms with E-state index in [-0.39, 0.29) is 18.0 Å². The Balaban J connectivity index is 2.78. The van der Waals surface area contributed by atoms with Gasteiger partial charge in [-0.15, -0.1) is 0 Å². The van der Waals surface area contributed by atoms with E-state index in [1.165, 1.54) is 17.0 Å². The lowest BCUT2D eigenvalue weighted by Crippen LogP contribution is -2.36. The predicted molar refractivity (Wildman–Crippen MR) is 77.1 cm³/mol. The standard InChI is InChI=1S/C15H22F2N2O2/c1-9(2)19(4)14(20)8-21-15-12(16)6-11(5-10(3)18)7-13(15)17/h6-7,9-10H,5,8,18H2,1-4H3. The van der Waals surface area contributed by atoms with Crippen molar-refractivity contribution in [1.29, 1.82) is 0 Å². The Morgan fingerprint density at radius 1 is 1.29 bits per heavy atom. The summed E-state index contributed by atoms with van der Waals surface area (Å²) in [5, 5.41) is 0. The van der Waals surface area contributed by atoms with Crippen LogP contribution in [0.2, 0.25) is 0 Å². The maximum Gasteiger partial charge on any atom is 0.260 e. The van der Waals surface area contributed by atoms with Gasteiger partial charge in [-0.2, -0.15) is 0 Å². The van der Waals surface area contributed by atoms with Crippen molar-refractivity contribution in [2.24, 2.45) is 5.73 Å². The highest BCUT2D eigenvalue weighted by molar-refractivity contribution is 5.77. The lowest BCUT2D eigenvalue weighted by molar-refractivity contribution is -0.133. The minimum atomic E-state index is -0.828. The Morgan fingerprint density at radius 2 is 1.81 bits per heavy atom. The molecule has 1 rings (SSSR count). The molecule has 0 aliphatic carbocycles. The number of hydrogen-bond acceptors (Lipinski definition) is 3. The number of carbonyl (C=O) groups is 1. The molecule has 0 aliphatic rings. The zero-order chi connectivity index (χ0) is 16.2. The summed E-state index contributed by atoms with van der Waals surface area (Å²) in [6, 6.07) is 2.15. The highest BCUT2D eigenvalue weighted by atomic mass is 19.1. The fraction of sp³-hybridized carbons (Fsp3) is 0.533. The van der Waals surface area contributed by atoms with E-state index in [2.05, 4.69) is 0 Å². The summed E-state index contributed by atoms with van der Waals surface area (Å²) in [5.41, 5.74) is 6.05. The fourth-order valence-corrected chi connectivity index (χ4v) is 1.76. The molecular formula is C15H22F2N2O2. The molecule has 0 fully saturated rings. The largest absolute Gasteiger partial charge is 0.478 e. The molecule has 118 valence electrons. The van der Waals surface area contributed by atoms with Gasteiger partial charge in [-0.1, -0.05) is 0 Å². The van der Waals surface area contributed by atoms with Crippen LogP contribution in [0.1, 0.15) is 26.3 Å². The Morgan fingerprint density at radius 3 is 2.24 bits per heavy atom. The predicted octanol–water partition coefficient (Wildman–Crippen LogP) is 2.10. The smallest absolute Gasteiger partial charge is 0.260 e. The zero-order valence-corrected chi connectivity index (χ0v) is 12.8. The first kappa shape index (κ1) is 17.4.